The quantitative estimate of drug-likeness (QED) is 0.683. The Balaban J connectivity index is 2.04. The minimum absolute atomic E-state index is 0.325. The van der Waals surface area contributed by atoms with Crippen molar-refractivity contribution in [1.29, 1.82) is 0 Å². The van der Waals surface area contributed by atoms with E-state index >= 15 is 0 Å². The second kappa shape index (κ2) is 5.58. The minimum atomic E-state index is -0.826. The van der Waals surface area contributed by atoms with Crippen LogP contribution in [0.3, 0.4) is 0 Å². The highest BCUT2D eigenvalue weighted by Crippen LogP contribution is 2.28. The van der Waals surface area contributed by atoms with Gasteiger partial charge in [0.2, 0.25) is 0 Å². The summed E-state index contributed by atoms with van der Waals surface area (Å²) in [6.45, 7) is 1.82. The van der Waals surface area contributed by atoms with Crippen molar-refractivity contribution in [2.24, 2.45) is 0 Å². The predicted molar refractivity (Wildman–Crippen MR) is 86.8 cm³/mol. The summed E-state index contributed by atoms with van der Waals surface area (Å²) >= 11 is 3.44. The number of hydrogen-bond donors (Lipinski definition) is 1. The second-order valence-corrected chi connectivity index (χ2v) is 6.13. The van der Waals surface area contributed by atoms with Crippen molar-refractivity contribution >= 4 is 26.7 Å². The highest BCUT2D eigenvalue weighted by atomic mass is 79.9. The summed E-state index contributed by atoms with van der Waals surface area (Å²) in [5.41, 5.74) is 2.13. The Hall–Kier alpha value is -1.71. The van der Waals surface area contributed by atoms with Gasteiger partial charge in [0.15, 0.2) is 0 Å². The third-order valence-electron chi connectivity index (χ3n) is 3.52. The van der Waals surface area contributed by atoms with Crippen molar-refractivity contribution in [3.05, 3.63) is 81.6 Å². The lowest BCUT2D eigenvalue weighted by atomic mass is 9.97. The van der Waals surface area contributed by atoms with Gasteiger partial charge in [-0.1, -0.05) is 40.2 Å². The number of aryl methyl sites for hydroxylation is 1. The molecule has 106 valence electrons. The molecule has 0 spiro atoms. The first-order chi connectivity index (χ1) is 10.0. The van der Waals surface area contributed by atoms with Crippen LogP contribution < -0.4 is 0 Å². The molecule has 0 radical (unpaired) electrons. The van der Waals surface area contributed by atoms with Crippen molar-refractivity contribution in [2.75, 3.05) is 0 Å². The van der Waals surface area contributed by atoms with Crippen molar-refractivity contribution in [1.82, 2.24) is 0 Å². The topological polar surface area (TPSA) is 20.2 Å². The van der Waals surface area contributed by atoms with E-state index in [1.165, 1.54) is 12.1 Å². The lowest BCUT2D eigenvalue weighted by molar-refractivity contribution is 0.220. The number of benzene rings is 3. The molecule has 1 N–H and O–H groups in total. The van der Waals surface area contributed by atoms with Crippen LogP contribution in [-0.2, 0) is 0 Å². The molecule has 0 aliphatic rings. The van der Waals surface area contributed by atoms with E-state index in [1.54, 1.807) is 6.07 Å². The van der Waals surface area contributed by atoms with Gasteiger partial charge in [-0.3, -0.25) is 0 Å². The number of aliphatic hydroxyl groups is 1. The molecule has 3 rings (SSSR count). The highest BCUT2D eigenvalue weighted by Gasteiger charge is 2.12. The maximum Gasteiger partial charge on any atom is 0.123 e. The maximum atomic E-state index is 13.5. The molecule has 0 heterocycles. The number of aliphatic hydroxyl groups excluding tert-OH is 1. The zero-order valence-electron chi connectivity index (χ0n) is 11.5. The molecule has 1 unspecified atom stereocenters. The van der Waals surface area contributed by atoms with Crippen LogP contribution in [-0.4, -0.2) is 5.11 Å². The zero-order chi connectivity index (χ0) is 15.0. The van der Waals surface area contributed by atoms with E-state index in [0.717, 1.165) is 26.4 Å². The molecule has 0 aliphatic heterocycles. The van der Waals surface area contributed by atoms with Gasteiger partial charge in [-0.25, -0.2) is 4.39 Å². The molecule has 1 nitrogen and oxygen atoms in total. The fraction of sp³-hybridized carbons (Fsp3) is 0.111. The zero-order valence-corrected chi connectivity index (χ0v) is 13.1. The Kier molecular flexibility index (Phi) is 3.79. The molecule has 1 atom stereocenters. The van der Waals surface area contributed by atoms with Crippen molar-refractivity contribution in [2.45, 2.75) is 13.0 Å². The van der Waals surface area contributed by atoms with E-state index in [2.05, 4.69) is 15.9 Å². The fourth-order valence-electron chi connectivity index (χ4n) is 2.52. The summed E-state index contributed by atoms with van der Waals surface area (Å²) in [6, 6.07) is 16.4. The van der Waals surface area contributed by atoms with E-state index in [9.17, 15) is 9.50 Å². The third-order valence-corrected chi connectivity index (χ3v) is 4.02. The van der Waals surface area contributed by atoms with E-state index in [-0.39, 0.29) is 5.82 Å². The molecule has 0 bridgehead atoms. The lowest BCUT2D eigenvalue weighted by Gasteiger charge is -2.13. The highest BCUT2D eigenvalue weighted by molar-refractivity contribution is 9.10. The molecule has 0 aromatic heterocycles. The number of hydrogen-bond acceptors (Lipinski definition) is 1. The maximum absolute atomic E-state index is 13.5. The van der Waals surface area contributed by atoms with Crippen molar-refractivity contribution in [3.8, 4) is 0 Å². The molecular formula is C18H14BrFO. The summed E-state index contributed by atoms with van der Waals surface area (Å²) in [5, 5.41) is 12.6. The largest absolute Gasteiger partial charge is 0.384 e. The van der Waals surface area contributed by atoms with Gasteiger partial charge in [0.1, 0.15) is 11.9 Å². The van der Waals surface area contributed by atoms with Crippen LogP contribution in [0.1, 0.15) is 22.8 Å². The van der Waals surface area contributed by atoms with Gasteiger partial charge in [-0.2, -0.15) is 0 Å². The van der Waals surface area contributed by atoms with Gasteiger partial charge in [0.25, 0.3) is 0 Å². The van der Waals surface area contributed by atoms with Gasteiger partial charge < -0.3 is 5.11 Å². The lowest BCUT2D eigenvalue weighted by Crippen LogP contribution is -2.01. The first-order valence-electron chi connectivity index (χ1n) is 6.67. The molecule has 3 heteroatoms. The summed E-state index contributed by atoms with van der Waals surface area (Å²) in [4.78, 5) is 0. The van der Waals surface area contributed by atoms with Crippen LogP contribution in [0.5, 0.6) is 0 Å². The summed E-state index contributed by atoms with van der Waals surface area (Å²) < 4.78 is 14.5. The Labute approximate surface area is 131 Å². The molecule has 0 fully saturated rings. The summed E-state index contributed by atoms with van der Waals surface area (Å²) in [7, 11) is 0. The molecule has 3 aromatic rings. The normalized spacial score (nSPS) is 12.6. The summed E-state index contributed by atoms with van der Waals surface area (Å²) in [6.07, 6.45) is -0.826. The van der Waals surface area contributed by atoms with Crippen molar-refractivity contribution < 1.29 is 9.50 Å². The average molecular weight is 345 g/mol. The number of fused-ring (bicyclic) bond motifs is 1. The molecule has 0 aliphatic carbocycles. The molecule has 0 amide bonds. The monoisotopic (exact) mass is 344 g/mol. The van der Waals surface area contributed by atoms with E-state index in [0.29, 0.717) is 5.56 Å². The molecule has 0 saturated heterocycles. The van der Waals surface area contributed by atoms with E-state index in [4.69, 9.17) is 0 Å². The molecular weight excluding hydrogens is 331 g/mol. The Morgan fingerprint density at radius 2 is 1.62 bits per heavy atom. The third kappa shape index (κ3) is 2.99. The Morgan fingerprint density at radius 1 is 0.905 bits per heavy atom. The molecule has 0 saturated carbocycles. The first-order valence-corrected chi connectivity index (χ1v) is 7.46. The minimum Gasteiger partial charge on any atom is -0.384 e. The van der Waals surface area contributed by atoms with Gasteiger partial charge >= 0.3 is 0 Å². The smallest absolute Gasteiger partial charge is 0.123 e. The molecule has 21 heavy (non-hydrogen) atoms. The van der Waals surface area contributed by atoms with E-state index < -0.39 is 6.10 Å². The standard InChI is InChI=1S/C18H14BrFO/c1-11-6-15(10-17(20)7-11)18(21)14-3-2-13-9-16(19)5-4-12(13)8-14/h2-10,18,21H,1H3. The van der Waals surface area contributed by atoms with Crippen LogP contribution in [0.15, 0.2) is 59.1 Å². The number of rotatable bonds is 2. The van der Waals surface area contributed by atoms with Crippen LogP contribution >= 0.6 is 15.9 Å². The predicted octanol–water partition coefficient (Wildman–Crippen LogP) is 5.13. The summed E-state index contributed by atoms with van der Waals surface area (Å²) in [5.74, 6) is -0.325. The van der Waals surface area contributed by atoms with Crippen LogP contribution in [0.25, 0.3) is 10.8 Å². The fourth-order valence-corrected chi connectivity index (χ4v) is 2.90. The second-order valence-electron chi connectivity index (χ2n) is 5.22. The average Bonchev–Trinajstić information content (AvgIpc) is 2.45. The first kappa shape index (κ1) is 14.2. The van der Waals surface area contributed by atoms with Crippen LogP contribution in [0.2, 0.25) is 0 Å². The van der Waals surface area contributed by atoms with Crippen LogP contribution in [0.4, 0.5) is 4.39 Å². The van der Waals surface area contributed by atoms with Crippen LogP contribution in [0, 0.1) is 12.7 Å². The Bertz CT molecular complexity index is 793. The SMILES string of the molecule is Cc1cc(F)cc(C(O)c2ccc3cc(Br)ccc3c2)c1. The van der Waals surface area contributed by atoms with Gasteiger partial charge in [-0.15, -0.1) is 0 Å². The van der Waals surface area contributed by atoms with Gasteiger partial charge in [0.05, 0.1) is 0 Å². The van der Waals surface area contributed by atoms with Crippen molar-refractivity contribution in [3.63, 3.8) is 0 Å². The Morgan fingerprint density at radius 3 is 2.38 bits per heavy atom. The number of halogens is 2. The van der Waals surface area contributed by atoms with Gasteiger partial charge in [0, 0.05) is 4.47 Å². The van der Waals surface area contributed by atoms with Gasteiger partial charge in [-0.05, 0) is 64.7 Å². The molecule has 3 aromatic carbocycles. The van der Waals surface area contributed by atoms with E-state index in [1.807, 2.05) is 43.3 Å².